The predicted molar refractivity (Wildman–Crippen MR) is 146 cm³/mol. The van der Waals surface area contributed by atoms with E-state index < -0.39 is 0 Å². The molecule has 1 aliphatic heterocycles. The van der Waals surface area contributed by atoms with E-state index in [1.54, 1.807) is 0 Å². The highest BCUT2D eigenvalue weighted by molar-refractivity contribution is 5.64. The van der Waals surface area contributed by atoms with Crippen LogP contribution >= 0.6 is 0 Å². The molecule has 1 fully saturated rings. The van der Waals surface area contributed by atoms with Crippen LogP contribution in [0.2, 0.25) is 0 Å². The molecule has 0 unspecified atom stereocenters. The Morgan fingerprint density at radius 1 is 0.600 bits per heavy atom. The third-order valence-corrected chi connectivity index (χ3v) is 6.57. The topological polar surface area (TPSA) is 19.0 Å². The summed E-state index contributed by atoms with van der Waals surface area (Å²) in [5.41, 5.74) is 4.94. The molecule has 0 saturated carbocycles. The van der Waals surface area contributed by atoms with Gasteiger partial charge in [-0.2, -0.15) is 0 Å². The van der Waals surface area contributed by atoms with Gasteiger partial charge in [0.1, 0.15) is 12.4 Å². The summed E-state index contributed by atoms with van der Waals surface area (Å²) in [6.45, 7) is 6.75. The van der Waals surface area contributed by atoms with E-state index in [2.05, 4.69) is 130 Å². The van der Waals surface area contributed by atoms with Gasteiger partial charge in [0.05, 0.1) is 0 Å². The predicted octanol–water partition coefficient (Wildman–Crippen LogP) is 6.23. The third-order valence-electron chi connectivity index (χ3n) is 6.57. The van der Waals surface area contributed by atoms with Gasteiger partial charge in [-0.15, -0.1) is 0 Å². The summed E-state index contributed by atoms with van der Waals surface area (Å²) in [6, 6.07) is 40.3. The summed E-state index contributed by atoms with van der Waals surface area (Å²) < 4.78 is 6.11. The normalized spacial score (nSPS) is 14.0. The Labute approximate surface area is 209 Å². The molecule has 1 heterocycles. The molecule has 4 nitrogen and oxygen atoms in total. The van der Waals surface area contributed by atoms with E-state index in [-0.39, 0.29) is 0 Å². The molecule has 0 bridgehead atoms. The quantitative estimate of drug-likeness (QED) is 0.293. The molecule has 5 rings (SSSR count). The first kappa shape index (κ1) is 23.0. The molecule has 1 saturated heterocycles. The van der Waals surface area contributed by atoms with Crippen molar-refractivity contribution in [3.63, 3.8) is 0 Å². The lowest BCUT2D eigenvalue weighted by atomic mass is 10.1. The first-order chi connectivity index (χ1) is 17.3. The van der Waals surface area contributed by atoms with Crippen LogP contribution in [-0.4, -0.2) is 44.2 Å². The zero-order valence-electron chi connectivity index (χ0n) is 20.2. The van der Waals surface area contributed by atoms with E-state index in [1.165, 1.54) is 16.9 Å². The Kier molecular flexibility index (Phi) is 7.61. The van der Waals surface area contributed by atoms with Gasteiger partial charge < -0.3 is 14.5 Å². The number of benzene rings is 4. The van der Waals surface area contributed by atoms with Crippen LogP contribution in [0.15, 0.2) is 115 Å². The number of hydrogen-bond donors (Lipinski definition) is 0. The molecule has 0 aromatic heterocycles. The van der Waals surface area contributed by atoms with Gasteiger partial charge in [-0.05, 0) is 54.1 Å². The van der Waals surface area contributed by atoms with E-state index in [0.717, 1.165) is 50.7 Å². The van der Waals surface area contributed by atoms with Gasteiger partial charge in [-0.1, -0.05) is 66.7 Å². The van der Waals surface area contributed by atoms with Crippen molar-refractivity contribution < 1.29 is 4.74 Å². The van der Waals surface area contributed by atoms with Gasteiger partial charge in [-0.3, -0.25) is 4.90 Å². The first-order valence-corrected chi connectivity index (χ1v) is 12.5. The minimum atomic E-state index is 0.705. The Morgan fingerprint density at radius 3 is 1.83 bits per heavy atom. The van der Waals surface area contributed by atoms with Crippen molar-refractivity contribution >= 4 is 17.1 Å². The molecule has 0 atom stereocenters. The molecule has 0 amide bonds. The minimum absolute atomic E-state index is 0.705. The molecule has 178 valence electrons. The lowest BCUT2D eigenvalue weighted by Gasteiger charge is -2.36. The molecule has 0 N–H and O–H groups in total. The van der Waals surface area contributed by atoms with Crippen LogP contribution in [0.5, 0.6) is 5.75 Å². The largest absolute Gasteiger partial charge is 0.492 e. The number of rotatable bonds is 9. The average Bonchev–Trinajstić information content (AvgIpc) is 2.94. The van der Waals surface area contributed by atoms with Gasteiger partial charge in [0.15, 0.2) is 0 Å². The zero-order valence-corrected chi connectivity index (χ0v) is 20.2. The summed E-state index contributed by atoms with van der Waals surface area (Å²) in [4.78, 5) is 7.29. The molecule has 35 heavy (non-hydrogen) atoms. The van der Waals surface area contributed by atoms with Gasteiger partial charge in [0.2, 0.25) is 0 Å². The number of piperazine rings is 1. The number of anilines is 3. The number of hydrogen-bond acceptors (Lipinski definition) is 4. The standard InChI is InChI=1S/C31H33N3O/c1-4-10-27(11-5-1)26-34(29-14-8-3-9-15-29)30-16-18-31(19-17-30)35-25-24-32-20-22-33(23-21-32)28-12-6-2-7-13-28/h1-19H,20-26H2. The van der Waals surface area contributed by atoms with Gasteiger partial charge in [0.25, 0.3) is 0 Å². The second-order valence-corrected chi connectivity index (χ2v) is 8.91. The smallest absolute Gasteiger partial charge is 0.119 e. The maximum absolute atomic E-state index is 6.11. The van der Waals surface area contributed by atoms with E-state index in [9.17, 15) is 0 Å². The molecule has 0 aliphatic carbocycles. The fraction of sp³-hybridized carbons (Fsp3) is 0.226. The van der Waals surface area contributed by atoms with Crippen molar-refractivity contribution in [1.29, 1.82) is 0 Å². The minimum Gasteiger partial charge on any atom is -0.492 e. The fourth-order valence-corrected chi connectivity index (χ4v) is 4.59. The lowest BCUT2D eigenvalue weighted by Crippen LogP contribution is -2.47. The van der Waals surface area contributed by atoms with Crippen LogP contribution in [0.4, 0.5) is 17.1 Å². The van der Waals surface area contributed by atoms with Crippen molar-refractivity contribution in [1.82, 2.24) is 4.90 Å². The average molecular weight is 464 g/mol. The third kappa shape index (κ3) is 6.23. The van der Waals surface area contributed by atoms with Gasteiger partial charge in [-0.25, -0.2) is 0 Å². The van der Waals surface area contributed by atoms with Crippen LogP contribution in [0.25, 0.3) is 0 Å². The molecular weight excluding hydrogens is 430 g/mol. The van der Waals surface area contributed by atoms with Crippen molar-refractivity contribution in [2.45, 2.75) is 6.54 Å². The Balaban J connectivity index is 1.15. The number of para-hydroxylation sites is 2. The first-order valence-electron chi connectivity index (χ1n) is 12.5. The summed E-state index contributed by atoms with van der Waals surface area (Å²) in [6.07, 6.45) is 0. The van der Waals surface area contributed by atoms with Crippen molar-refractivity contribution in [2.24, 2.45) is 0 Å². The van der Waals surface area contributed by atoms with E-state index in [4.69, 9.17) is 4.74 Å². The Hall–Kier alpha value is -3.76. The molecular formula is C31H33N3O. The molecule has 4 heteroatoms. The molecule has 4 aromatic carbocycles. The second-order valence-electron chi connectivity index (χ2n) is 8.91. The molecule has 4 aromatic rings. The molecule has 0 radical (unpaired) electrons. The van der Waals surface area contributed by atoms with Crippen LogP contribution in [0, 0.1) is 0 Å². The maximum atomic E-state index is 6.11. The summed E-state index contributed by atoms with van der Waals surface area (Å²) in [7, 11) is 0. The van der Waals surface area contributed by atoms with Crippen molar-refractivity contribution in [3.05, 3.63) is 121 Å². The second kappa shape index (κ2) is 11.6. The summed E-state index contributed by atoms with van der Waals surface area (Å²) in [5.74, 6) is 0.921. The monoisotopic (exact) mass is 463 g/mol. The summed E-state index contributed by atoms with van der Waals surface area (Å²) >= 11 is 0. The highest BCUT2D eigenvalue weighted by atomic mass is 16.5. The number of ether oxygens (including phenoxy) is 1. The van der Waals surface area contributed by atoms with E-state index in [1.807, 2.05) is 0 Å². The van der Waals surface area contributed by atoms with Gasteiger partial charge in [0, 0.05) is 56.3 Å². The maximum Gasteiger partial charge on any atom is 0.119 e. The van der Waals surface area contributed by atoms with E-state index in [0.29, 0.717) is 6.61 Å². The van der Waals surface area contributed by atoms with Crippen molar-refractivity contribution in [2.75, 3.05) is 49.1 Å². The Morgan fingerprint density at radius 2 is 1.17 bits per heavy atom. The lowest BCUT2D eigenvalue weighted by molar-refractivity contribution is 0.200. The molecule has 0 spiro atoms. The highest BCUT2D eigenvalue weighted by Gasteiger charge is 2.17. The van der Waals surface area contributed by atoms with Gasteiger partial charge >= 0.3 is 0 Å². The highest BCUT2D eigenvalue weighted by Crippen LogP contribution is 2.29. The van der Waals surface area contributed by atoms with Crippen LogP contribution in [-0.2, 0) is 6.54 Å². The fourth-order valence-electron chi connectivity index (χ4n) is 4.59. The van der Waals surface area contributed by atoms with Crippen molar-refractivity contribution in [3.8, 4) is 5.75 Å². The zero-order chi connectivity index (χ0) is 23.7. The van der Waals surface area contributed by atoms with Crippen LogP contribution in [0.3, 0.4) is 0 Å². The molecule has 1 aliphatic rings. The van der Waals surface area contributed by atoms with E-state index >= 15 is 0 Å². The number of nitrogens with zero attached hydrogens (tertiary/aromatic N) is 3. The van der Waals surface area contributed by atoms with Crippen LogP contribution < -0.4 is 14.5 Å². The Bertz CT molecular complexity index is 1140. The summed E-state index contributed by atoms with van der Waals surface area (Å²) in [5, 5.41) is 0. The van der Waals surface area contributed by atoms with Crippen LogP contribution in [0.1, 0.15) is 5.56 Å². The SMILES string of the molecule is c1ccc(CN(c2ccccc2)c2ccc(OCCN3CCN(c4ccccc4)CC3)cc2)cc1.